The number of carbonyl (C=O) groups excluding carboxylic acids is 1. The Morgan fingerprint density at radius 1 is 1.05 bits per heavy atom. The number of benzene rings is 2. The number of methoxy groups -OCH3 is 2. The molecule has 0 aliphatic heterocycles. The van der Waals surface area contributed by atoms with Gasteiger partial charge in [-0.25, -0.2) is 0 Å². The van der Waals surface area contributed by atoms with Gasteiger partial charge >= 0.3 is 0 Å². The number of carbonyl (C=O) groups is 1. The standard InChI is InChI=1S/C16H16O3S/c1-18-12-8-9-16(19-2)14(10-12)15(17)11-20-13-6-4-3-5-7-13/h3-10H,11H2,1-2H3. The second-order valence-corrected chi connectivity index (χ2v) is 5.14. The molecule has 0 spiro atoms. The van der Waals surface area contributed by atoms with Gasteiger partial charge in [0.15, 0.2) is 5.78 Å². The van der Waals surface area contributed by atoms with E-state index < -0.39 is 0 Å². The van der Waals surface area contributed by atoms with Crippen molar-refractivity contribution in [3.05, 3.63) is 54.1 Å². The third kappa shape index (κ3) is 3.54. The maximum absolute atomic E-state index is 12.3. The highest BCUT2D eigenvalue weighted by atomic mass is 32.2. The van der Waals surface area contributed by atoms with Gasteiger partial charge in [0.2, 0.25) is 0 Å². The minimum Gasteiger partial charge on any atom is -0.497 e. The normalized spacial score (nSPS) is 10.1. The molecule has 3 nitrogen and oxygen atoms in total. The van der Waals surface area contributed by atoms with Crippen molar-refractivity contribution in [2.75, 3.05) is 20.0 Å². The van der Waals surface area contributed by atoms with Crippen LogP contribution in [0.25, 0.3) is 0 Å². The Hall–Kier alpha value is -1.94. The average molecular weight is 288 g/mol. The maximum atomic E-state index is 12.3. The lowest BCUT2D eigenvalue weighted by atomic mass is 10.1. The van der Waals surface area contributed by atoms with E-state index in [0.717, 1.165) is 4.90 Å². The van der Waals surface area contributed by atoms with Crippen LogP contribution in [0.3, 0.4) is 0 Å². The third-order valence-electron chi connectivity index (χ3n) is 2.82. The van der Waals surface area contributed by atoms with Crippen LogP contribution < -0.4 is 9.47 Å². The molecule has 0 bridgehead atoms. The van der Waals surface area contributed by atoms with Crippen LogP contribution in [0.15, 0.2) is 53.4 Å². The van der Waals surface area contributed by atoms with Crippen LogP contribution in [0, 0.1) is 0 Å². The number of hydrogen-bond donors (Lipinski definition) is 0. The summed E-state index contributed by atoms with van der Waals surface area (Å²) in [6.07, 6.45) is 0. The fourth-order valence-electron chi connectivity index (χ4n) is 1.78. The molecule has 20 heavy (non-hydrogen) atoms. The van der Waals surface area contributed by atoms with Crippen molar-refractivity contribution in [2.45, 2.75) is 4.90 Å². The second-order valence-electron chi connectivity index (χ2n) is 4.09. The Morgan fingerprint density at radius 3 is 2.45 bits per heavy atom. The maximum Gasteiger partial charge on any atom is 0.176 e. The lowest BCUT2D eigenvalue weighted by Gasteiger charge is -2.09. The number of ether oxygens (including phenoxy) is 2. The van der Waals surface area contributed by atoms with Crippen molar-refractivity contribution < 1.29 is 14.3 Å². The van der Waals surface area contributed by atoms with Crippen LogP contribution in [0.5, 0.6) is 11.5 Å². The van der Waals surface area contributed by atoms with E-state index in [1.807, 2.05) is 30.3 Å². The Bertz CT molecular complexity index is 582. The Balaban J connectivity index is 2.12. The Morgan fingerprint density at radius 2 is 1.80 bits per heavy atom. The van der Waals surface area contributed by atoms with Crippen molar-refractivity contribution in [3.8, 4) is 11.5 Å². The van der Waals surface area contributed by atoms with Gasteiger partial charge in [-0.1, -0.05) is 18.2 Å². The quantitative estimate of drug-likeness (QED) is 0.600. The zero-order valence-corrected chi connectivity index (χ0v) is 12.3. The Labute approximate surface area is 122 Å². The number of hydrogen-bond acceptors (Lipinski definition) is 4. The SMILES string of the molecule is COc1ccc(OC)c(C(=O)CSc2ccccc2)c1. The van der Waals surface area contributed by atoms with Crippen molar-refractivity contribution in [1.82, 2.24) is 0 Å². The van der Waals surface area contributed by atoms with Gasteiger partial charge in [-0.3, -0.25) is 4.79 Å². The largest absolute Gasteiger partial charge is 0.497 e. The van der Waals surface area contributed by atoms with Crippen molar-refractivity contribution >= 4 is 17.5 Å². The minimum absolute atomic E-state index is 0.0228. The zero-order chi connectivity index (χ0) is 14.4. The van der Waals surface area contributed by atoms with Gasteiger partial charge in [0.1, 0.15) is 11.5 Å². The van der Waals surface area contributed by atoms with Gasteiger partial charge in [0.05, 0.1) is 25.5 Å². The second kappa shape index (κ2) is 7.01. The number of ketones is 1. The van der Waals surface area contributed by atoms with E-state index in [2.05, 4.69) is 0 Å². The minimum atomic E-state index is 0.0228. The predicted molar refractivity (Wildman–Crippen MR) is 81.0 cm³/mol. The molecule has 4 heteroatoms. The highest BCUT2D eigenvalue weighted by Crippen LogP contribution is 2.26. The molecule has 2 aromatic rings. The molecule has 0 atom stereocenters. The highest BCUT2D eigenvalue weighted by Gasteiger charge is 2.13. The summed E-state index contributed by atoms with van der Waals surface area (Å²) in [5, 5.41) is 0. The first-order chi connectivity index (χ1) is 9.74. The van der Waals surface area contributed by atoms with Gasteiger partial charge in [-0.15, -0.1) is 11.8 Å². The molecule has 0 aliphatic rings. The summed E-state index contributed by atoms with van der Waals surface area (Å²) in [6, 6.07) is 15.1. The molecule has 0 heterocycles. The summed E-state index contributed by atoms with van der Waals surface area (Å²) >= 11 is 1.51. The molecular formula is C16H16O3S. The van der Waals surface area contributed by atoms with E-state index in [0.29, 0.717) is 22.8 Å². The van der Waals surface area contributed by atoms with Crippen LogP contribution in [-0.2, 0) is 0 Å². The van der Waals surface area contributed by atoms with E-state index in [9.17, 15) is 4.79 Å². The predicted octanol–water partition coefficient (Wildman–Crippen LogP) is 3.68. The smallest absolute Gasteiger partial charge is 0.176 e. The third-order valence-corrected chi connectivity index (χ3v) is 3.83. The number of rotatable bonds is 6. The molecule has 2 rings (SSSR count). The first-order valence-corrected chi connectivity index (χ1v) is 7.16. The fraction of sp³-hybridized carbons (Fsp3) is 0.188. The molecule has 0 fully saturated rings. The van der Waals surface area contributed by atoms with Crippen molar-refractivity contribution in [1.29, 1.82) is 0 Å². The lowest BCUT2D eigenvalue weighted by molar-refractivity contribution is 0.101. The molecule has 0 saturated carbocycles. The van der Waals surface area contributed by atoms with Crippen LogP contribution in [0.1, 0.15) is 10.4 Å². The van der Waals surface area contributed by atoms with Crippen LogP contribution in [-0.4, -0.2) is 25.8 Å². The highest BCUT2D eigenvalue weighted by molar-refractivity contribution is 8.00. The van der Waals surface area contributed by atoms with E-state index in [-0.39, 0.29) is 5.78 Å². The lowest BCUT2D eigenvalue weighted by Crippen LogP contribution is -2.05. The summed E-state index contributed by atoms with van der Waals surface area (Å²) < 4.78 is 10.4. The fourth-order valence-corrected chi connectivity index (χ4v) is 2.58. The van der Waals surface area contributed by atoms with Gasteiger partial charge in [-0.2, -0.15) is 0 Å². The first kappa shape index (κ1) is 14.5. The molecule has 0 aromatic heterocycles. The summed E-state index contributed by atoms with van der Waals surface area (Å²) in [7, 11) is 3.14. The monoisotopic (exact) mass is 288 g/mol. The topological polar surface area (TPSA) is 35.5 Å². The van der Waals surface area contributed by atoms with E-state index in [1.54, 1.807) is 32.4 Å². The molecule has 0 unspecified atom stereocenters. The number of Topliss-reactive ketones (excluding diaryl/α,β-unsaturated/α-hetero) is 1. The molecular weight excluding hydrogens is 272 g/mol. The van der Waals surface area contributed by atoms with Crippen molar-refractivity contribution in [2.24, 2.45) is 0 Å². The molecule has 0 N–H and O–H groups in total. The van der Waals surface area contributed by atoms with Gasteiger partial charge in [-0.05, 0) is 30.3 Å². The molecule has 104 valence electrons. The zero-order valence-electron chi connectivity index (χ0n) is 11.5. The van der Waals surface area contributed by atoms with E-state index >= 15 is 0 Å². The van der Waals surface area contributed by atoms with Gasteiger partial charge in [0.25, 0.3) is 0 Å². The van der Waals surface area contributed by atoms with E-state index in [4.69, 9.17) is 9.47 Å². The summed E-state index contributed by atoms with van der Waals surface area (Å²) in [6.45, 7) is 0. The molecule has 0 aliphatic carbocycles. The summed E-state index contributed by atoms with van der Waals surface area (Å²) in [4.78, 5) is 13.4. The summed E-state index contributed by atoms with van der Waals surface area (Å²) in [5.41, 5.74) is 0.551. The van der Waals surface area contributed by atoms with Crippen LogP contribution >= 0.6 is 11.8 Å². The number of thioether (sulfide) groups is 1. The average Bonchev–Trinajstić information content (AvgIpc) is 2.52. The first-order valence-electron chi connectivity index (χ1n) is 6.17. The summed E-state index contributed by atoms with van der Waals surface area (Å²) in [5.74, 6) is 1.62. The van der Waals surface area contributed by atoms with Gasteiger partial charge in [0, 0.05) is 4.90 Å². The van der Waals surface area contributed by atoms with Gasteiger partial charge < -0.3 is 9.47 Å². The van der Waals surface area contributed by atoms with Crippen molar-refractivity contribution in [3.63, 3.8) is 0 Å². The molecule has 0 saturated heterocycles. The Kier molecular flexibility index (Phi) is 5.07. The van der Waals surface area contributed by atoms with Crippen LogP contribution in [0.4, 0.5) is 0 Å². The van der Waals surface area contributed by atoms with Crippen LogP contribution in [0.2, 0.25) is 0 Å². The molecule has 0 radical (unpaired) electrons. The molecule has 0 amide bonds. The van der Waals surface area contributed by atoms with E-state index in [1.165, 1.54) is 11.8 Å². The molecule has 2 aromatic carbocycles.